The van der Waals surface area contributed by atoms with Gasteiger partial charge in [0, 0.05) is 21.3 Å². The van der Waals surface area contributed by atoms with E-state index in [1.807, 2.05) is 6.08 Å². The van der Waals surface area contributed by atoms with Gasteiger partial charge in [-0.05, 0) is 17.4 Å². The normalized spacial score (nSPS) is 11.3. The third-order valence-electron chi connectivity index (χ3n) is 5.99. The molecular weight excluding hydrogens is 417 g/mol. The third kappa shape index (κ3) is 3.97. The van der Waals surface area contributed by atoms with E-state index in [0.29, 0.717) is 0 Å². The van der Waals surface area contributed by atoms with Crippen molar-refractivity contribution in [3.63, 3.8) is 0 Å². The number of nitrogens with zero attached hydrogens (tertiary/aromatic N) is 1. The van der Waals surface area contributed by atoms with E-state index >= 15 is 0 Å². The minimum absolute atomic E-state index is 0.780. The predicted molar refractivity (Wildman–Crippen MR) is 145 cm³/mol. The molecule has 2 heteroatoms. The number of fused-ring (bicyclic) bond motifs is 1. The Hall–Kier alpha value is -3.67. The lowest BCUT2D eigenvalue weighted by atomic mass is 10.0. The lowest BCUT2D eigenvalue weighted by Crippen LogP contribution is -2.25. The number of hydrogen-bond donors (Lipinski definition) is 0. The maximum Gasteiger partial charge on any atom is 0.0738 e. The first-order valence-electron chi connectivity index (χ1n) is 11.2. The maximum atomic E-state index is 5.81. The van der Waals surface area contributed by atoms with Crippen LogP contribution in [-0.2, 0) is 6.42 Å². The van der Waals surface area contributed by atoms with Gasteiger partial charge in [0.15, 0.2) is 0 Å². The zero-order chi connectivity index (χ0) is 22.5. The van der Waals surface area contributed by atoms with E-state index in [4.69, 9.17) is 4.74 Å². The van der Waals surface area contributed by atoms with Gasteiger partial charge in [-0.1, -0.05) is 133 Å². The summed E-state index contributed by atoms with van der Waals surface area (Å²) in [5.74, 6) is 0. The average Bonchev–Trinajstić information content (AvgIpc) is 2.90. The molecule has 0 bridgehead atoms. The quantitative estimate of drug-likeness (QED) is 0.192. The van der Waals surface area contributed by atoms with Crippen LogP contribution in [0.3, 0.4) is 0 Å². The monoisotopic (exact) mass is 443 g/mol. The number of allylic oxidation sites excluding steroid dienone is 1. The van der Waals surface area contributed by atoms with Crippen LogP contribution in [0, 0.1) is 0 Å². The summed E-state index contributed by atoms with van der Waals surface area (Å²) in [5.41, 5.74) is 2.27. The zero-order valence-electron chi connectivity index (χ0n) is 18.5. The SMILES string of the molecule is C=CCc1ccc2ccccc2c1N=P(c1ccccc1)(c1ccccc1)c1ccccc1. The molecule has 0 atom stereocenters. The molecule has 0 fully saturated rings. The fourth-order valence-corrected chi connectivity index (χ4v) is 8.03. The van der Waals surface area contributed by atoms with E-state index in [0.717, 1.165) is 12.1 Å². The van der Waals surface area contributed by atoms with Gasteiger partial charge in [-0.25, -0.2) is 0 Å². The van der Waals surface area contributed by atoms with E-state index in [1.54, 1.807) is 0 Å². The molecule has 0 unspecified atom stereocenters. The van der Waals surface area contributed by atoms with Crippen LogP contribution in [0.4, 0.5) is 5.69 Å². The lowest BCUT2D eigenvalue weighted by molar-refractivity contribution is 1.27. The van der Waals surface area contributed by atoms with Gasteiger partial charge in [0.2, 0.25) is 0 Å². The summed E-state index contributed by atoms with van der Waals surface area (Å²) in [6.45, 7) is 4.02. The highest BCUT2D eigenvalue weighted by Gasteiger charge is 2.28. The van der Waals surface area contributed by atoms with Crippen LogP contribution >= 0.6 is 7.05 Å². The molecule has 0 saturated carbocycles. The number of hydrogen-bond acceptors (Lipinski definition) is 1. The van der Waals surface area contributed by atoms with Crippen LogP contribution in [0.15, 0.2) is 145 Å². The molecule has 0 amide bonds. The molecule has 1 nitrogen and oxygen atoms in total. The molecule has 0 aliphatic carbocycles. The van der Waals surface area contributed by atoms with E-state index in [2.05, 4.69) is 134 Å². The molecule has 0 aromatic heterocycles. The first kappa shape index (κ1) is 21.2. The molecule has 0 aliphatic heterocycles. The van der Waals surface area contributed by atoms with Crippen molar-refractivity contribution in [2.24, 2.45) is 4.74 Å². The molecule has 160 valence electrons. The molecule has 0 spiro atoms. The Bertz CT molecular complexity index is 1330. The third-order valence-corrected chi connectivity index (χ3v) is 9.62. The Kier molecular flexibility index (Phi) is 6.07. The summed E-state index contributed by atoms with van der Waals surface area (Å²) >= 11 is 0. The molecule has 5 aromatic carbocycles. The van der Waals surface area contributed by atoms with E-state index in [1.165, 1.54) is 32.2 Å². The second-order valence-electron chi connectivity index (χ2n) is 8.03. The van der Waals surface area contributed by atoms with Gasteiger partial charge in [0.25, 0.3) is 0 Å². The van der Waals surface area contributed by atoms with Crippen LogP contribution in [-0.4, -0.2) is 0 Å². The van der Waals surface area contributed by atoms with Gasteiger partial charge >= 0.3 is 0 Å². The fraction of sp³-hybridized carbons (Fsp3) is 0.0323. The fourth-order valence-electron chi connectivity index (χ4n) is 4.44. The summed E-state index contributed by atoms with van der Waals surface area (Å²) in [5, 5.41) is 6.14. The minimum Gasteiger partial charge on any atom is -0.253 e. The van der Waals surface area contributed by atoms with Crippen LogP contribution < -0.4 is 15.9 Å². The Morgan fingerprint density at radius 1 is 0.576 bits per heavy atom. The van der Waals surface area contributed by atoms with Crippen molar-refractivity contribution in [3.05, 3.63) is 146 Å². The average molecular weight is 444 g/mol. The zero-order valence-corrected chi connectivity index (χ0v) is 19.4. The van der Waals surface area contributed by atoms with Gasteiger partial charge in [0.05, 0.1) is 12.7 Å². The Balaban J connectivity index is 1.99. The molecule has 33 heavy (non-hydrogen) atoms. The molecule has 0 N–H and O–H groups in total. The van der Waals surface area contributed by atoms with Crippen molar-refractivity contribution >= 4 is 39.4 Å². The second kappa shape index (κ2) is 9.45. The Morgan fingerprint density at radius 3 is 1.58 bits per heavy atom. The van der Waals surface area contributed by atoms with Gasteiger partial charge in [-0.3, -0.25) is 4.74 Å². The number of benzene rings is 5. The summed E-state index contributed by atoms with van der Waals surface area (Å²) in [7, 11) is -2.34. The van der Waals surface area contributed by atoms with Crippen molar-refractivity contribution in [1.29, 1.82) is 0 Å². The van der Waals surface area contributed by atoms with Gasteiger partial charge in [-0.15, -0.1) is 6.58 Å². The first-order valence-corrected chi connectivity index (χ1v) is 13.0. The van der Waals surface area contributed by atoms with Gasteiger partial charge in [-0.2, -0.15) is 0 Å². The highest BCUT2D eigenvalue weighted by atomic mass is 31.2. The highest BCUT2D eigenvalue weighted by molar-refractivity contribution is 7.87. The van der Waals surface area contributed by atoms with Crippen LogP contribution in [0.25, 0.3) is 10.8 Å². The van der Waals surface area contributed by atoms with Gasteiger partial charge < -0.3 is 0 Å². The molecule has 0 saturated heterocycles. The molecular formula is C31H26NP. The summed E-state index contributed by atoms with van der Waals surface area (Å²) < 4.78 is 5.81. The maximum absolute atomic E-state index is 5.81. The van der Waals surface area contributed by atoms with Crippen molar-refractivity contribution in [2.45, 2.75) is 6.42 Å². The minimum atomic E-state index is -2.34. The standard InChI is InChI=1S/C31H26NP/c1-2-14-26-24-23-25-15-12-13-22-30(25)31(26)32-33(27-16-6-3-7-17-27,28-18-8-4-9-19-28)29-20-10-5-11-21-29/h2-13,15-24H,1,14H2. The molecule has 0 radical (unpaired) electrons. The van der Waals surface area contributed by atoms with Crippen LogP contribution in [0.5, 0.6) is 0 Å². The van der Waals surface area contributed by atoms with E-state index in [9.17, 15) is 0 Å². The molecule has 0 heterocycles. The van der Waals surface area contributed by atoms with Gasteiger partial charge in [0.1, 0.15) is 0 Å². The topological polar surface area (TPSA) is 12.4 Å². The van der Waals surface area contributed by atoms with E-state index in [-0.39, 0.29) is 0 Å². The first-order chi connectivity index (χ1) is 16.3. The molecule has 0 aliphatic rings. The highest BCUT2D eigenvalue weighted by Crippen LogP contribution is 2.51. The van der Waals surface area contributed by atoms with Crippen LogP contribution in [0.1, 0.15) is 5.56 Å². The predicted octanol–water partition coefficient (Wildman–Crippen LogP) is 7.38. The van der Waals surface area contributed by atoms with Crippen molar-refractivity contribution in [1.82, 2.24) is 0 Å². The van der Waals surface area contributed by atoms with Crippen molar-refractivity contribution in [2.75, 3.05) is 0 Å². The Labute approximate surface area is 196 Å². The lowest BCUT2D eigenvalue weighted by Gasteiger charge is -2.27. The smallest absolute Gasteiger partial charge is 0.0738 e. The second-order valence-corrected chi connectivity index (χ2v) is 11.0. The van der Waals surface area contributed by atoms with Crippen molar-refractivity contribution in [3.8, 4) is 0 Å². The largest absolute Gasteiger partial charge is 0.253 e. The van der Waals surface area contributed by atoms with Crippen molar-refractivity contribution < 1.29 is 0 Å². The Morgan fingerprint density at radius 2 is 1.06 bits per heavy atom. The van der Waals surface area contributed by atoms with E-state index < -0.39 is 7.05 Å². The number of rotatable bonds is 6. The summed E-state index contributed by atoms with van der Waals surface area (Å²) in [4.78, 5) is 0. The molecule has 5 rings (SSSR count). The summed E-state index contributed by atoms with van der Waals surface area (Å²) in [6, 6.07) is 45.3. The summed E-state index contributed by atoms with van der Waals surface area (Å²) in [6.07, 6.45) is 2.75. The molecule has 5 aromatic rings. The van der Waals surface area contributed by atoms with Crippen LogP contribution in [0.2, 0.25) is 0 Å².